The van der Waals surface area contributed by atoms with Crippen LogP contribution in [0.15, 0.2) is 18.3 Å². The van der Waals surface area contributed by atoms with Gasteiger partial charge < -0.3 is 5.21 Å². The fourth-order valence-corrected chi connectivity index (χ4v) is 3.31. The number of rotatable bonds is 0. The van der Waals surface area contributed by atoms with Crippen LogP contribution in [0.4, 0.5) is 0 Å². The number of pyridine rings is 1. The minimum atomic E-state index is 0.522. The lowest BCUT2D eigenvalue weighted by Gasteiger charge is -2.15. The maximum Gasteiger partial charge on any atom is 0.384 e. The standard InChI is InChI=1S/C14H19N6O/c21-20-12-6-5-7-15-13(12)19(16-20)14(17-8-1-2-9-17)18-10-3-4-11-18/h5-7H,1-4,8-11H2/q+1. The fourth-order valence-electron chi connectivity index (χ4n) is 3.31. The molecular formula is C14H19N6O+. The molecule has 2 saturated heterocycles. The Bertz CT molecular complexity index is 693. The van der Waals surface area contributed by atoms with E-state index in [1.54, 1.807) is 23.0 Å². The molecule has 4 heterocycles. The zero-order chi connectivity index (χ0) is 14.2. The van der Waals surface area contributed by atoms with Crippen molar-refractivity contribution in [3.63, 3.8) is 0 Å². The van der Waals surface area contributed by atoms with Crippen molar-refractivity contribution >= 4 is 17.1 Å². The highest BCUT2D eigenvalue weighted by atomic mass is 16.5. The average molecular weight is 287 g/mol. The highest BCUT2D eigenvalue weighted by molar-refractivity contribution is 5.85. The van der Waals surface area contributed by atoms with Crippen LogP contribution in [0, 0.1) is 5.21 Å². The molecule has 2 fully saturated rings. The van der Waals surface area contributed by atoms with E-state index in [1.165, 1.54) is 25.7 Å². The van der Waals surface area contributed by atoms with Gasteiger partial charge in [0.25, 0.3) is 5.65 Å². The monoisotopic (exact) mass is 287 g/mol. The second kappa shape index (κ2) is 4.98. The molecule has 0 radical (unpaired) electrons. The third-order valence-corrected chi connectivity index (χ3v) is 4.31. The summed E-state index contributed by atoms with van der Waals surface area (Å²) in [5.41, 5.74) is 1.16. The number of hydrogen-bond acceptors (Lipinski definition) is 3. The second-order valence-corrected chi connectivity index (χ2v) is 5.71. The Hall–Kier alpha value is -2.18. The van der Waals surface area contributed by atoms with E-state index in [-0.39, 0.29) is 0 Å². The van der Waals surface area contributed by atoms with Crippen LogP contribution in [0.3, 0.4) is 0 Å². The van der Waals surface area contributed by atoms with Gasteiger partial charge in [-0.25, -0.2) is 4.98 Å². The summed E-state index contributed by atoms with van der Waals surface area (Å²) in [4.78, 5) is 7.39. The highest BCUT2D eigenvalue weighted by Crippen LogP contribution is 2.14. The Kier molecular flexibility index (Phi) is 2.98. The van der Waals surface area contributed by atoms with Gasteiger partial charge in [-0.15, -0.1) is 4.85 Å². The first-order chi connectivity index (χ1) is 10.3. The maximum atomic E-state index is 12.0. The van der Waals surface area contributed by atoms with Crippen LogP contribution in [0.1, 0.15) is 25.7 Å². The van der Waals surface area contributed by atoms with Crippen LogP contribution in [0.5, 0.6) is 0 Å². The van der Waals surface area contributed by atoms with Crippen molar-refractivity contribution in [1.82, 2.24) is 19.8 Å². The summed E-state index contributed by atoms with van der Waals surface area (Å²) in [6, 6.07) is 3.54. The number of aromatic nitrogens is 4. The summed E-state index contributed by atoms with van der Waals surface area (Å²) >= 11 is 0. The van der Waals surface area contributed by atoms with Crippen LogP contribution < -0.4 is 4.85 Å². The molecule has 110 valence electrons. The SMILES string of the molecule is [O-][n+]1nn(C(N2CCCC2)=[N+]2CCCC2)c2ncccc21. The number of likely N-dealkylation sites (tertiary alicyclic amines) is 1. The predicted molar refractivity (Wildman–Crippen MR) is 76.9 cm³/mol. The molecule has 0 amide bonds. The van der Waals surface area contributed by atoms with Gasteiger partial charge in [-0.3, -0.25) is 9.48 Å². The van der Waals surface area contributed by atoms with Crippen molar-refractivity contribution in [2.45, 2.75) is 25.7 Å². The normalized spacial score (nSPS) is 18.9. The summed E-state index contributed by atoms with van der Waals surface area (Å²) in [7, 11) is 0. The van der Waals surface area contributed by atoms with Gasteiger partial charge in [-0.05, 0) is 42.5 Å². The molecule has 21 heavy (non-hydrogen) atoms. The molecule has 0 spiro atoms. The molecule has 0 saturated carbocycles. The van der Waals surface area contributed by atoms with Gasteiger partial charge in [-0.1, -0.05) is 0 Å². The fraction of sp³-hybridized carbons (Fsp3) is 0.571. The lowest BCUT2D eigenvalue weighted by atomic mass is 10.4. The molecule has 0 unspecified atom stereocenters. The largest absolute Gasteiger partial charge is 0.691 e. The Morgan fingerprint density at radius 3 is 2.67 bits per heavy atom. The lowest BCUT2D eigenvalue weighted by Crippen LogP contribution is -2.43. The van der Waals surface area contributed by atoms with Crippen molar-refractivity contribution in [3.05, 3.63) is 23.5 Å². The van der Waals surface area contributed by atoms with Crippen LogP contribution in [0.25, 0.3) is 11.2 Å². The van der Waals surface area contributed by atoms with Gasteiger partial charge >= 0.3 is 5.96 Å². The van der Waals surface area contributed by atoms with Gasteiger partial charge in [0.1, 0.15) is 0 Å². The van der Waals surface area contributed by atoms with Crippen LogP contribution in [0.2, 0.25) is 0 Å². The van der Waals surface area contributed by atoms with Gasteiger partial charge in [0, 0.05) is 6.20 Å². The van der Waals surface area contributed by atoms with Crippen molar-refractivity contribution in [1.29, 1.82) is 0 Å². The van der Waals surface area contributed by atoms with Crippen LogP contribution in [-0.2, 0) is 0 Å². The molecule has 7 nitrogen and oxygen atoms in total. The molecule has 2 aromatic heterocycles. The van der Waals surface area contributed by atoms with E-state index in [9.17, 15) is 5.21 Å². The van der Waals surface area contributed by atoms with Gasteiger partial charge in [0.15, 0.2) is 0 Å². The minimum Gasteiger partial charge on any atom is -0.691 e. The Morgan fingerprint density at radius 2 is 1.90 bits per heavy atom. The molecule has 0 aromatic carbocycles. The Balaban J connectivity index is 1.91. The zero-order valence-electron chi connectivity index (χ0n) is 12.0. The van der Waals surface area contributed by atoms with Crippen molar-refractivity contribution in [2.75, 3.05) is 26.2 Å². The summed E-state index contributed by atoms with van der Waals surface area (Å²) in [5, 5.41) is 16.2. The molecule has 4 rings (SSSR count). The summed E-state index contributed by atoms with van der Waals surface area (Å²) in [6.07, 6.45) is 6.50. The molecule has 0 aliphatic carbocycles. The smallest absolute Gasteiger partial charge is 0.384 e. The van der Waals surface area contributed by atoms with E-state index in [1.807, 2.05) is 0 Å². The summed E-state index contributed by atoms with van der Waals surface area (Å²) in [6.45, 7) is 4.11. The van der Waals surface area contributed by atoms with E-state index in [0.717, 1.165) is 32.1 Å². The molecule has 0 N–H and O–H groups in total. The van der Waals surface area contributed by atoms with Gasteiger partial charge in [-0.2, -0.15) is 0 Å². The Labute approximate surface area is 122 Å². The molecule has 2 aromatic rings. The lowest BCUT2D eigenvalue weighted by molar-refractivity contribution is -0.646. The van der Waals surface area contributed by atoms with Crippen LogP contribution in [-0.4, -0.2) is 56.5 Å². The first-order valence-electron chi connectivity index (χ1n) is 7.65. The maximum absolute atomic E-state index is 12.0. The van der Waals surface area contributed by atoms with E-state index in [0.29, 0.717) is 16.0 Å². The number of hydrogen-bond donors (Lipinski definition) is 0. The third-order valence-electron chi connectivity index (χ3n) is 4.31. The van der Waals surface area contributed by atoms with Crippen molar-refractivity contribution in [2.24, 2.45) is 0 Å². The molecular weight excluding hydrogens is 268 g/mol. The summed E-state index contributed by atoms with van der Waals surface area (Å²) < 4.78 is 4.07. The van der Waals surface area contributed by atoms with E-state index >= 15 is 0 Å². The van der Waals surface area contributed by atoms with Crippen molar-refractivity contribution < 1.29 is 9.42 Å². The molecule has 2 aliphatic heterocycles. The predicted octanol–water partition coefficient (Wildman–Crippen LogP) is 0.171. The quantitative estimate of drug-likeness (QED) is 0.394. The third kappa shape index (κ3) is 2.03. The number of fused-ring (bicyclic) bond motifs is 1. The van der Waals surface area contributed by atoms with E-state index in [2.05, 4.69) is 19.7 Å². The first-order valence-corrected chi connectivity index (χ1v) is 7.65. The molecule has 7 heteroatoms. The minimum absolute atomic E-state index is 0.522. The van der Waals surface area contributed by atoms with Crippen molar-refractivity contribution in [3.8, 4) is 0 Å². The number of nitrogens with zero attached hydrogens (tertiary/aromatic N) is 6. The molecule has 2 aliphatic rings. The zero-order valence-corrected chi connectivity index (χ0v) is 12.0. The highest BCUT2D eigenvalue weighted by Gasteiger charge is 2.33. The Morgan fingerprint density at radius 1 is 1.14 bits per heavy atom. The van der Waals surface area contributed by atoms with Gasteiger partial charge in [0.2, 0.25) is 5.52 Å². The van der Waals surface area contributed by atoms with Crippen LogP contribution >= 0.6 is 0 Å². The summed E-state index contributed by atoms with van der Waals surface area (Å²) in [5.74, 6) is 1.03. The first kappa shape index (κ1) is 12.6. The average Bonchev–Trinajstić information content (AvgIpc) is 3.24. The van der Waals surface area contributed by atoms with E-state index < -0.39 is 0 Å². The van der Waals surface area contributed by atoms with Gasteiger partial charge in [0.05, 0.1) is 31.4 Å². The molecule has 0 bridgehead atoms. The van der Waals surface area contributed by atoms with E-state index in [4.69, 9.17) is 0 Å². The molecule has 0 atom stereocenters. The topological polar surface area (TPSA) is 63.9 Å². The second-order valence-electron chi connectivity index (χ2n) is 5.71.